The highest BCUT2D eigenvalue weighted by Crippen LogP contribution is 2.24. The van der Waals surface area contributed by atoms with Crippen LogP contribution < -0.4 is 10.1 Å². The molecule has 0 aliphatic heterocycles. The molecule has 2 rings (SSSR count). The molecule has 2 aromatic carbocycles. The smallest absolute Gasteiger partial charge is 0.165 e. The number of benzene rings is 2. The van der Waals surface area contributed by atoms with Crippen molar-refractivity contribution in [3.8, 4) is 5.75 Å². The normalized spacial score (nSPS) is 10.6. The van der Waals surface area contributed by atoms with Crippen molar-refractivity contribution in [3.63, 3.8) is 0 Å². The van der Waals surface area contributed by atoms with Crippen LogP contribution in [0.4, 0.5) is 8.78 Å². The van der Waals surface area contributed by atoms with Gasteiger partial charge in [0, 0.05) is 22.7 Å². The van der Waals surface area contributed by atoms with Crippen molar-refractivity contribution < 1.29 is 13.5 Å². The number of ether oxygens (including phenoxy) is 1. The fourth-order valence-electron chi connectivity index (χ4n) is 1.85. The molecule has 0 heterocycles. The van der Waals surface area contributed by atoms with Gasteiger partial charge in [-0.25, -0.2) is 8.78 Å². The lowest BCUT2D eigenvalue weighted by Gasteiger charge is -2.12. The second-order valence-electron chi connectivity index (χ2n) is 4.28. The molecule has 0 saturated heterocycles. The molecular formula is C15H14ClF2NO. The van der Waals surface area contributed by atoms with Crippen LogP contribution in [-0.4, -0.2) is 7.05 Å². The summed E-state index contributed by atoms with van der Waals surface area (Å²) in [7, 11) is 1.76. The van der Waals surface area contributed by atoms with Crippen molar-refractivity contribution in [2.75, 3.05) is 7.05 Å². The molecular weight excluding hydrogens is 284 g/mol. The Hall–Kier alpha value is -1.65. The van der Waals surface area contributed by atoms with Crippen molar-refractivity contribution in [1.29, 1.82) is 0 Å². The molecule has 0 saturated carbocycles. The number of hydrogen-bond donors (Lipinski definition) is 1. The van der Waals surface area contributed by atoms with E-state index in [1.807, 2.05) is 0 Å². The first-order chi connectivity index (χ1) is 9.61. The van der Waals surface area contributed by atoms with Gasteiger partial charge in [-0.3, -0.25) is 0 Å². The van der Waals surface area contributed by atoms with E-state index in [0.717, 1.165) is 0 Å². The Balaban J connectivity index is 2.20. The Morgan fingerprint density at radius 1 is 1.10 bits per heavy atom. The molecule has 0 atom stereocenters. The molecule has 0 amide bonds. The monoisotopic (exact) mass is 297 g/mol. The number of halogens is 3. The molecule has 0 aliphatic carbocycles. The van der Waals surface area contributed by atoms with Gasteiger partial charge in [0.2, 0.25) is 0 Å². The fraction of sp³-hybridized carbons (Fsp3) is 0.200. The summed E-state index contributed by atoms with van der Waals surface area (Å²) in [6.45, 7) is 0.384. The Morgan fingerprint density at radius 2 is 1.90 bits per heavy atom. The van der Waals surface area contributed by atoms with E-state index >= 15 is 0 Å². The van der Waals surface area contributed by atoms with Gasteiger partial charge >= 0.3 is 0 Å². The van der Waals surface area contributed by atoms with Gasteiger partial charge in [-0.05, 0) is 31.3 Å². The first kappa shape index (κ1) is 14.8. The highest BCUT2D eigenvalue weighted by atomic mass is 35.5. The predicted octanol–water partition coefficient (Wildman–Crippen LogP) is 3.92. The Kier molecular flexibility index (Phi) is 4.93. The summed E-state index contributed by atoms with van der Waals surface area (Å²) >= 11 is 5.80. The summed E-state index contributed by atoms with van der Waals surface area (Å²) in [4.78, 5) is 0. The highest BCUT2D eigenvalue weighted by Gasteiger charge is 2.11. The van der Waals surface area contributed by atoms with E-state index in [9.17, 15) is 8.78 Å². The fourth-order valence-corrected chi connectivity index (χ4v) is 2.04. The van der Waals surface area contributed by atoms with Gasteiger partial charge in [-0.15, -0.1) is 0 Å². The second-order valence-corrected chi connectivity index (χ2v) is 4.72. The molecule has 106 valence electrons. The zero-order chi connectivity index (χ0) is 14.5. The van der Waals surface area contributed by atoms with Crippen molar-refractivity contribution in [2.45, 2.75) is 13.2 Å². The van der Waals surface area contributed by atoms with E-state index < -0.39 is 11.6 Å². The molecule has 0 aromatic heterocycles. The van der Waals surface area contributed by atoms with Crippen LogP contribution >= 0.6 is 11.6 Å². The van der Waals surface area contributed by atoms with E-state index in [0.29, 0.717) is 17.1 Å². The maximum absolute atomic E-state index is 13.8. The van der Waals surface area contributed by atoms with Crippen LogP contribution in [0.3, 0.4) is 0 Å². The first-order valence-electron chi connectivity index (χ1n) is 6.10. The summed E-state index contributed by atoms with van der Waals surface area (Å²) in [5.74, 6) is -0.776. The molecule has 1 N–H and O–H groups in total. The van der Waals surface area contributed by atoms with Gasteiger partial charge in [-0.2, -0.15) is 0 Å². The van der Waals surface area contributed by atoms with Gasteiger partial charge in [-0.1, -0.05) is 23.7 Å². The van der Waals surface area contributed by atoms with Crippen molar-refractivity contribution >= 4 is 11.6 Å². The minimum atomic E-state index is -0.472. The Morgan fingerprint density at radius 3 is 2.65 bits per heavy atom. The van der Waals surface area contributed by atoms with Gasteiger partial charge in [0.15, 0.2) is 11.6 Å². The van der Waals surface area contributed by atoms with Crippen molar-refractivity contribution in [1.82, 2.24) is 5.32 Å². The third kappa shape index (κ3) is 3.46. The maximum atomic E-state index is 13.8. The minimum Gasteiger partial charge on any atom is -0.485 e. The summed E-state index contributed by atoms with van der Waals surface area (Å²) < 4.78 is 32.8. The van der Waals surface area contributed by atoms with Crippen molar-refractivity contribution in [2.24, 2.45) is 0 Å². The van der Waals surface area contributed by atoms with Crippen LogP contribution in [0.2, 0.25) is 5.02 Å². The van der Waals surface area contributed by atoms with Crippen LogP contribution in [0.25, 0.3) is 0 Å². The molecule has 0 bridgehead atoms. The quantitative estimate of drug-likeness (QED) is 0.903. The van der Waals surface area contributed by atoms with Crippen LogP contribution in [0.5, 0.6) is 5.75 Å². The second kappa shape index (κ2) is 6.68. The van der Waals surface area contributed by atoms with Gasteiger partial charge in [0.05, 0.1) is 0 Å². The van der Waals surface area contributed by atoms with Gasteiger partial charge in [0.1, 0.15) is 12.4 Å². The minimum absolute atomic E-state index is 0.0793. The van der Waals surface area contributed by atoms with Crippen LogP contribution in [0.1, 0.15) is 11.1 Å². The van der Waals surface area contributed by atoms with E-state index in [1.165, 1.54) is 24.3 Å². The van der Waals surface area contributed by atoms with E-state index in [1.54, 1.807) is 19.2 Å². The molecule has 0 aliphatic rings. The lowest BCUT2D eigenvalue weighted by Crippen LogP contribution is -2.09. The van der Waals surface area contributed by atoms with E-state index in [4.69, 9.17) is 16.3 Å². The standard InChI is InChI=1S/C15H14ClF2NO/c1-19-8-10-3-2-4-14(18)15(10)20-9-11-7-12(16)5-6-13(11)17/h2-7,19H,8-9H2,1H3. The summed E-state index contributed by atoms with van der Waals surface area (Å²) in [6.07, 6.45) is 0. The van der Waals surface area contributed by atoms with Crippen LogP contribution in [-0.2, 0) is 13.2 Å². The molecule has 2 aromatic rings. The van der Waals surface area contributed by atoms with Crippen molar-refractivity contribution in [3.05, 3.63) is 64.2 Å². The van der Waals surface area contributed by atoms with Gasteiger partial charge in [0.25, 0.3) is 0 Å². The average Bonchev–Trinajstić information content (AvgIpc) is 2.42. The third-order valence-corrected chi connectivity index (χ3v) is 3.03. The van der Waals surface area contributed by atoms with Gasteiger partial charge < -0.3 is 10.1 Å². The zero-order valence-corrected chi connectivity index (χ0v) is 11.7. The highest BCUT2D eigenvalue weighted by molar-refractivity contribution is 6.30. The Labute approximate surface area is 121 Å². The van der Waals surface area contributed by atoms with Crippen LogP contribution in [0.15, 0.2) is 36.4 Å². The van der Waals surface area contributed by atoms with E-state index in [2.05, 4.69) is 5.32 Å². The molecule has 0 radical (unpaired) electrons. The average molecular weight is 298 g/mol. The largest absolute Gasteiger partial charge is 0.485 e. The molecule has 20 heavy (non-hydrogen) atoms. The summed E-state index contributed by atoms with van der Waals surface area (Å²) in [5, 5.41) is 3.34. The zero-order valence-electron chi connectivity index (χ0n) is 10.9. The lowest BCUT2D eigenvalue weighted by molar-refractivity contribution is 0.281. The summed E-state index contributed by atoms with van der Waals surface area (Å²) in [5.41, 5.74) is 0.964. The maximum Gasteiger partial charge on any atom is 0.165 e. The number of hydrogen-bond acceptors (Lipinski definition) is 2. The number of nitrogens with one attached hydrogen (secondary N) is 1. The number of para-hydroxylation sites is 1. The molecule has 5 heteroatoms. The molecule has 0 unspecified atom stereocenters. The lowest BCUT2D eigenvalue weighted by atomic mass is 10.2. The molecule has 0 fully saturated rings. The third-order valence-electron chi connectivity index (χ3n) is 2.80. The SMILES string of the molecule is CNCc1cccc(F)c1OCc1cc(Cl)ccc1F. The topological polar surface area (TPSA) is 21.3 Å². The molecule has 0 spiro atoms. The number of rotatable bonds is 5. The van der Waals surface area contributed by atoms with E-state index in [-0.39, 0.29) is 17.9 Å². The van der Waals surface area contributed by atoms with Crippen LogP contribution in [0, 0.1) is 11.6 Å². The molecule has 2 nitrogen and oxygen atoms in total. The Bertz CT molecular complexity index is 604. The summed E-state index contributed by atoms with van der Waals surface area (Å²) in [6, 6.07) is 8.85. The predicted molar refractivity (Wildman–Crippen MR) is 74.9 cm³/mol. The first-order valence-corrected chi connectivity index (χ1v) is 6.48.